The smallest absolute Gasteiger partial charge is 0.261 e. The number of carbonyl (C=O) groups excluding carboxylic acids is 1. The van der Waals surface area contributed by atoms with E-state index in [0.717, 1.165) is 18.4 Å². The molecule has 1 fully saturated rings. The molecular weight excluding hydrogens is 333 g/mol. The fourth-order valence-electron chi connectivity index (χ4n) is 3.55. The average molecular weight is 351 g/mol. The van der Waals surface area contributed by atoms with Crippen LogP contribution < -0.4 is 5.56 Å². The number of halogens is 1. The fourth-order valence-corrected chi connectivity index (χ4v) is 3.55. The van der Waals surface area contributed by atoms with Crippen LogP contribution in [-0.4, -0.2) is 26.9 Å². The number of amides is 1. The Bertz CT molecular complexity index is 1010. The summed E-state index contributed by atoms with van der Waals surface area (Å²) in [5.74, 6) is -0.422. The van der Waals surface area contributed by atoms with Crippen LogP contribution in [0.4, 0.5) is 4.39 Å². The first kappa shape index (κ1) is 16.4. The lowest BCUT2D eigenvalue weighted by Crippen LogP contribution is -2.36. The third-order valence-corrected chi connectivity index (χ3v) is 4.87. The Kier molecular flexibility index (Phi) is 4.24. The lowest BCUT2D eigenvalue weighted by atomic mass is 10.0. The van der Waals surface area contributed by atoms with E-state index < -0.39 is 0 Å². The molecule has 0 aliphatic carbocycles. The Morgan fingerprint density at radius 3 is 2.73 bits per heavy atom. The van der Waals surface area contributed by atoms with Gasteiger partial charge in [-0.15, -0.1) is 0 Å². The summed E-state index contributed by atoms with van der Waals surface area (Å²) in [6.07, 6.45) is 3.15. The van der Waals surface area contributed by atoms with Gasteiger partial charge >= 0.3 is 0 Å². The molecule has 26 heavy (non-hydrogen) atoms. The van der Waals surface area contributed by atoms with Gasteiger partial charge in [-0.3, -0.25) is 14.2 Å². The molecule has 1 unspecified atom stereocenters. The zero-order valence-corrected chi connectivity index (χ0v) is 14.1. The van der Waals surface area contributed by atoms with E-state index in [-0.39, 0.29) is 29.9 Å². The van der Waals surface area contributed by atoms with Crippen LogP contribution in [0.3, 0.4) is 0 Å². The third kappa shape index (κ3) is 2.98. The highest BCUT2D eigenvalue weighted by Crippen LogP contribution is 2.32. The first-order valence-electron chi connectivity index (χ1n) is 8.62. The number of carbonyl (C=O) groups is 1. The van der Waals surface area contributed by atoms with Crippen molar-refractivity contribution in [2.24, 2.45) is 0 Å². The molecule has 1 aliphatic rings. The van der Waals surface area contributed by atoms with Crippen molar-refractivity contribution in [3.05, 3.63) is 76.6 Å². The van der Waals surface area contributed by atoms with Crippen molar-refractivity contribution in [3.63, 3.8) is 0 Å². The minimum Gasteiger partial charge on any atom is -0.334 e. The van der Waals surface area contributed by atoms with Crippen LogP contribution in [0.2, 0.25) is 0 Å². The highest BCUT2D eigenvalue weighted by molar-refractivity contribution is 5.79. The number of fused-ring (bicyclic) bond motifs is 1. The SMILES string of the molecule is O=C(Cn1cnc2ccccc2c1=O)N1CCCC1c1ccc(F)cc1. The number of hydrogen-bond acceptors (Lipinski definition) is 3. The Balaban J connectivity index is 1.59. The van der Waals surface area contributed by atoms with E-state index in [4.69, 9.17) is 0 Å². The van der Waals surface area contributed by atoms with E-state index in [9.17, 15) is 14.0 Å². The number of hydrogen-bond donors (Lipinski definition) is 0. The summed E-state index contributed by atoms with van der Waals surface area (Å²) in [4.78, 5) is 31.4. The highest BCUT2D eigenvalue weighted by atomic mass is 19.1. The molecule has 0 saturated carbocycles. The van der Waals surface area contributed by atoms with Crippen molar-refractivity contribution in [2.45, 2.75) is 25.4 Å². The molecule has 2 heterocycles. The lowest BCUT2D eigenvalue weighted by Gasteiger charge is -2.25. The number of benzene rings is 2. The summed E-state index contributed by atoms with van der Waals surface area (Å²) in [7, 11) is 0. The maximum Gasteiger partial charge on any atom is 0.261 e. The van der Waals surface area contributed by atoms with Gasteiger partial charge in [0.1, 0.15) is 12.4 Å². The van der Waals surface area contributed by atoms with Crippen molar-refractivity contribution in [2.75, 3.05) is 6.54 Å². The molecule has 2 aromatic carbocycles. The summed E-state index contributed by atoms with van der Waals surface area (Å²) < 4.78 is 14.5. The molecule has 1 saturated heterocycles. The predicted octanol–water partition coefficient (Wildman–Crippen LogP) is 2.90. The van der Waals surface area contributed by atoms with Crippen LogP contribution >= 0.6 is 0 Å². The molecule has 1 aromatic heterocycles. The molecule has 0 N–H and O–H groups in total. The van der Waals surface area contributed by atoms with E-state index in [0.29, 0.717) is 17.4 Å². The molecule has 132 valence electrons. The van der Waals surface area contributed by atoms with Gasteiger partial charge in [-0.2, -0.15) is 0 Å². The monoisotopic (exact) mass is 351 g/mol. The minimum absolute atomic E-state index is 0.0473. The summed E-state index contributed by atoms with van der Waals surface area (Å²) in [6.45, 7) is 0.588. The second-order valence-electron chi connectivity index (χ2n) is 6.49. The van der Waals surface area contributed by atoms with Gasteiger partial charge in [0.15, 0.2) is 0 Å². The molecule has 5 nitrogen and oxygen atoms in total. The second kappa shape index (κ2) is 6.71. The topological polar surface area (TPSA) is 55.2 Å². The maximum absolute atomic E-state index is 13.2. The van der Waals surface area contributed by atoms with Gasteiger partial charge in [0.05, 0.1) is 23.3 Å². The van der Waals surface area contributed by atoms with E-state index in [2.05, 4.69) is 4.98 Å². The number of aromatic nitrogens is 2. The van der Waals surface area contributed by atoms with Gasteiger partial charge in [0, 0.05) is 6.54 Å². The largest absolute Gasteiger partial charge is 0.334 e. The molecule has 0 spiro atoms. The summed E-state index contributed by atoms with van der Waals surface area (Å²) >= 11 is 0. The molecule has 1 atom stereocenters. The molecule has 6 heteroatoms. The Hall–Kier alpha value is -3.02. The van der Waals surface area contributed by atoms with Crippen molar-refractivity contribution >= 4 is 16.8 Å². The molecule has 1 aliphatic heterocycles. The lowest BCUT2D eigenvalue weighted by molar-refractivity contribution is -0.132. The Labute approximate surface area is 149 Å². The van der Waals surface area contributed by atoms with Crippen LogP contribution in [0.15, 0.2) is 59.7 Å². The number of rotatable bonds is 3. The third-order valence-electron chi connectivity index (χ3n) is 4.87. The van der Waals surface area contributed by atoms with Crippen LogP contribution in [0.25, 0.3) is 10.9 Å². The summed E-state index contributed by atoms with van der Waals surface area (Å²) in [5, 5.41) is 0.499. The maximum atomic E-state index is 13.2. The van der Waals surface area contributed by atoms with E-state index in [1.165, 1.54) is 23.0 Å². The highest BCUT2D eigenvalue weighted by Gasteiger charge is 2.30. The van der Waals surface area contributed by atoms with Crippen LogP contribution in [0.5, 0.6) is 0 Å². The average Bonchev–Trinajstić information content (AvgIpc) is 3.15. The van der Waals surface area contributed by atoms with Crippen molar-refractivity contribution in [1.82, 2.24) is 14.5 Å². The van der Waals surface area contributed by atoms with Gasteiger partial charge < -0.3 is 4.90 Å². The van der Waals surface area contributed by atoms with Crippen molar-refractivity contribution in [3.8, 4) is 0 Å². The van der Waals surface area contributed by atoms with Gasteiger partial charge in [-0.25, -0.2) is 9.37 Å². The zero-order valence-electron chi connectivity index (χ0n) is 14.1. The van der Waals surface area contributed by atoms with Crippen LogP contribution in [0.1, 0.15) is 24.4 Å². The second-order valence-corrected chi connectivity index (χ2v) is 6.49. The number of nitrogens with zero attached hydrogens (tertiary/aromatic N) is 3. The Morgan fingerprint density at radius 2 is 1.92 bits per heavy atom. The van der Waals surface area contributed by atoms with Gasteiger partial charge in [0.25, 0.3) is 5.56 Å². The zero-order chi connectivity index (χ0) is 18.1. The molecule has 0 radical (unpaired) electrons. The molecular formula is C20H18FN3O2. The molecule has 1 amide bonds. The van der Waals surface area contributed by atoms with E-state index >= 15 is 0 Å². The van der Waals surface area contributed by atoms with Crippen LogP contribution in [0, 0.1) is 5.82 Å². The van der Waals surface area contributed by atoms with Gasteiger partial charge in [-0.05, 0) is 42.7 Å². The first-order chi connectivity index (χ1) is 12.6. The number of likely N-dealkylation sites (tertiary alicyclic amines) is 1. The van der Waals surface area contributed by atoms with Crippen molar-refractivity contribution < 1.29 is 9.18 Å². The van der Waals surface area contributed by atoms with Gasteiger partial charge in [-0.1, -0.05) is 24.3 Å². The summed E-state index contributed by atoms with van der Waals surface area (Å²) in [6, 6.07) is 13.3. The predicted molar refractivity (Wildman–Crippen MR) is 96.1 cm³/mol. The van der Waals surface area contributed by atoms with Crippen LogP contribution in [-0.2, 0) is 11.3 Å². The Morgan fingerprint density at radius 1 is 1.15 bits per heavy atom. The quantitative estimate of drug-likeness (QED) is 0.729. The molecule has 3 aromatic rings. The fraction of sp³-hybridized carbons (Fsp3) is 0.250. The first-order valence-corrected chi connectivity index (χ1v) is 8.62. The summed E-state index contributed by atoms with van der Waals surface area (Å²) in [5.41, 5.74) is 1.31. The van der Waals surface area contributed by atoms with Crippen molar-refractivity contribution in [1.29, 1.82) is 0 Å². The number of para-hydroxylation sites is 1. The molecule has 4 rings (SSSR count). The standard InChI is InChI=1S/C20H18FN3O2/c21-15-9-7-14(8-10-15)18-6-3-11-24(18)19(25)12-23-13-22-17-5-2-1-4-16(17)20(23)26/h1-2,4-5,7-10,13,18H,3,6,11-12H2. The normalized spacial score (nSPS) is 17.0. The van der Waals surface area contributed by atoms with Gasteiger partial charge in [0.2, 0.25) is 5.91 Å². The van der Waals surface area contributed by atoms with E-state index in [1.807, 2.05) is 6.07 Å². The van der Waals surface area contributed by atoms with E-state index in [1.54, 1.807) is 35.2 Å². The minimum atomic E-state index is -0.293. The molecule has 0 bridgehead atoms.